The molecule has 0 fully saturated rings. The summed E-state index contributed by atoms with van der Waals surface area (Å²) in [5.41, 5.74) is 2.26. The number of halogens is 1. The van der Waals surface area contributed by atoms with E-state index < -0.39 is 0 Å². The van der Waals surface area contributed by atoms with Gasteiger partial charge in [-0.3, -0.25) is 4.79 Å². The molecule has 1 atom stereocenters. The molecule has 0 unspecified atom stereocenters. The van der Waals surface area contributed by atoms with E-state index in [1.54, 1.807) is 36.4 Å². The van der Waals surface area contributed by atoms with Gasteiger partial charge >= 0.3 is 0 Å². The topological polar surface area (TPSA) is 38.3 Å². The van der Waals surface area contributed by atoms with Gasteiger partial charge in [0.25, 0.3) is 5.91 Å². The molecule has 2 rings (SSSR count). The maximum atomic E-state index is 12.9. The summed E-state index contributed by atoms with van der Waals surface area (Å²) in [6, 6.07) is 12.8. The van der Waals surface area contributed by atoms with Crippen molar-refractivity contribution in [2.45, 2.75) is 19.9 Å². The molecule has 0 radical (unpaired) electrons. The van der Waals surface area contributed by atoms with Crippen molar-refractivity contribution in [1.29, 1.82) is 0 Å². The van der Waals surface area contributed by atoms with E-state index in [-0.39, 0.29) is 17.8 Å². The Morgan fingerprint density at radius 1 is 1.26 bits per heavy atom. The predicted octanol–water partition coefficient (Wildman–Crippen LogP) is 4.27. The summed E-state index contributed by atoms with van der Waals surface area (Å²) < 4.78 is 18.5. The van der Waals surface area contributed by atoms with E-state index in [2.05, 4.69) is 11.9 Å². The van der Waals surface area contributed by atoms with Gasteiger partial charge in [-0.05, 0) is 55.3 Å². The molecule has 0 saturated carbocycles. The number of carbonyl (C=O) groups excluding carboxylic acids is 1. The predicted molar refractivity (Wildman–Crippen MR) is 89.0 cm³/mol. The molecule has 2 aromatic rings. The molecule has 23 heavy (non-hydrogen) atoms. The molecule has 0 aliphatic heterocycles. The first-order valence-electron chi connectivity index (χ1n) is 7.39. The van der Waals surface area contributed by atoms with Crippen molar-refractivity contribution in [2.24, 2.45) is 0 Å². The summed E-state index contributed by atoms with van der Waals surface area (Å²) in [4.78, 5) is 12.3. The lowest BCUT2D eigenvalue weighted by Gasteiger charge is -2.15. The zero-order valence-corrected chi connectivity index (χ0v) is 13.3. The fraction of sp³-hybridized carbons (Fsp3) is 0.211. The second-order valence-corrected chi connectivity index (χ2v) is 5.52. The Balaban J connectivity index is 2.03. The Labute approximate surface area is 135 Å². The Morgan fingerprint density at radius 2 is 1.96 bits per heavy atom. The minimum absolute atomic E-state index is 0.206. The lowest BCUT2D eigenvalue weighted by atomic mass is 10.1. The van der Waals surface area contributed by atoms with Crippen LogP contribution in [0.15, 0.2) is 60.7 Å². The van der Waals surface area contributed by atoms with E-state index in [4.69, 9.17) is 4.74 Å². The zero-order chi connectivity index (χ0) is 16.8. The van der Waals surface area contributed by atoms with Gasteiger partial charge in [-0.2, -0.15) is 0 Å². The molecule has 3 nitrogen and oxygen atoms in total. The molecule has 1 amide bonds. The minimum Gasteiger partial charge on any atom is -0.489 e. The van der Waals surface area contributed by atoms with Crippen LogP contribution in [0.1, 0.15) is 35.8 Å². The van der Waals surface area contributed by atoms with Crippen molar-refractivity contribution < 1.29 is 13.9 Å². The number of hydrogen-bond acceptors (Lipinski definition) is 2. The van der Waals surface area contributed by atoms with E-state index in [0.29, 0.717) is 17.9 Å². The maximum absolute atomic E-state index is 12.9. The molecule has 2 aromatic carbocycles. The van der Waals surface area contributed by atoms with Crippen LogP contribution >= 0.6 is 0 Å². The molecular formula is C19H20FNO2. The van der Waals surface area contributed by atoms with Crippen molar-refractivity contribution in [2.75, 3.05) is 6.61 Å². The van der Waals surface area contributed by atoms with Gasteiger partial charge in [-0.15, -0.1) is 0 Å². The number of benzene rings is 2. The van der Waals surface area contributed by atoms with E-state index in [1.165, 1.54) is 12.1 Å². The van der Waals surface area contributed by atoms with E-state index in [0.717, 1.165) is 11.1 Å². The molecular weight excluding hydrogens is 293 g/mol. The van der Waals surface area contributed by atoms with Crippen LogP contribution in [0, 0.1) is 5.82 Å². The van der Waals surface area contributed by atoms with Gasteiger partial charge in [0, 0.05) is 5.56 Å². The fourth-order valence-corrected chi connectivity index (χ4v) is 2.05. The number of nitrogens with one attached hydrogen (secondary N) is 1. The highest BCUT2D eigenvalue weighted by atomic mass is 19.1. The molecule has 0 heterocycles. The van der Waals surface area contributed by atoms with Gasteiger partial charge in [0.1, 0.15) is 18.2 Å². The van der Waals surface area contributed by atoms with Gasteiger partial charge in [-0.1, -0.05) is 24.8 Å². The number of hydrogen-bond donors (Lipinski definition) is 1. The third-order valence-corrected chi connectivity index (χ3v) is 3.30. The van der Waals surface area contributed by atoms with Gasteiger partial charge in [0.2, 0.25) is 0 Å². The minimum atomic E-state index is -0.297. The quantitative estimate of drug-likeness (QED) is 0.809. The first-order chi connectivity index (χ1) is 11.0. The van der Waals surface area contributed by atoms with Crippen LogP contribution in [0.4, 0.5) is 4.39 Å². The monoisotopic (exact) mass is 313 g/mol. The molecule has 1 N–H and O–H groups in total. The first-order valence-corrected chi connectivity index (χ1v) is 7.39. The molecule has 0 aliphatic carbocycles. The summed E-state index contributed by atoms with van der Waals surface area (Å²) in [5, 5.41) is 2.89. The zero-order valence-electron chi connectivity index (χ0n) is 13.3. The van der Waals surface area contributed by atoms with Crippen LogP contribution < -0.4 is 10.1 Å². The van der Waals surface area contributed by atoms with Crippen molar-refractivity contribution >= 4 is 5.91 Å². The number of carbonyl (C=O) groups is 1. The number of amides is 1. The summed E-state index contributed by atoms with van der Waals surface area (Å²) in [7, 11) is 0. The summed E-state index contributed by atoms with van der Waals surface area (Å²) >= 11 is 0. The third kappa shape index (κ3) is 4.95. The lowest BCUT2D eigenvalue weighted by molar-refractivity contribution is 0.0939. The molecule has 0 aliphatic rings. The third-order valence-electron chi connectivity index (χ3n) is 3.30. The lowest BCUT2D eigenvalue weighted by Crippen LogP contribution is -2.26. The summed E-state index contributed by atoms with van der Waals surface area (Å²) in [6.07, 6.45) is 0. The van der Waals surface area contributed by atoms with Crippen molar-refractivity contribution in [3.63, 3.8) is 0 Å². The van der Waals surface area contributed by atoms with E-state index >= 15 is 0 Å². The van der Waals surface area contributed by atoms with Crippen LogP contribution in [-0.4, -0.2) is 12.5 Å². The maximum Gasteiger partial charge on any atom is 0.251 e. The highest BCUT2D eigenvalue weighted by molar-refractivity contribution is 5.94. The van der Waals surface area contributed by atoms with Gasteiger partial charge < -0.3 is 10.1 Å². The van der Waals surface area contributed by atoms with Crippen molar-refractivity contribution in [3.8, 4) is 5.75 Å². The Morgan fingerprint density at radius 3 is 2.61 bits per heavy atom. The molecule has 0 saturated heterocycles. The molecule has 0 spiro atoms. The van der Waals surface area contributed by atoms with Crippen LogP contribution in [-0.2, 0) is 0 Å². The average Bonchev–Trinajstić information content (AvgIpc) is 2.53. The van der Waals surface area contributed by atoms with Crippen molar-refractivity contribution in [3.05, 3.63) is 77.6 Å². The second-order valence-electron chi connectivity index (χ2n) is 5.52. The Kier molecular flexibility index (Phi) is 5.52. The smallest absolute Gasteiger partial charge is 0.251 e. The molecule has 120 valence electrons. The summed E-state index contributed by atoms with van der Waals surface area (Å²) in [6.45, 7) is 7.92. The summed E-state index contributed by atoms with van der Waals surface area (Å²) in [5.74, 6) is 0.118. The molecule has 4 heteroatoms. The van der Waals surface area contributed by atoms with E-state index in [9.17, 15) is 9.18 Å². The van der Waals surface area contributed by atoms with Gasteiger partial charge in [0.15, 0.2) is 0 Å². The molecule has 0 aromatic heterocycles. The van der Waals surface area contributed by atoms with Crippen LogP contribution in [0.2, 0.25) is 0 Å². The van der Waals surface area contributed by atoms with Crippen LogP contribution in [0.3, 0.4) is 0 Å². The second kappa shape index (κ2) is 7.58. The van der Waals surface area contributed by atoms with E-state index in [1.807, 2.05) is 13.8 Å². The standard InChI is InChI=1S/C19H20FNO2/c1-13(2)12-23-18-6-4-5-16(11-18)19(22)21-14(3)15-7-9-17(20)10-8-15/h4-11,14H,1,12H2,2-3H3,(H,21,22)/t14-/m0/s1. The van der Waals surface area contributed by atoms with Crippen LogP contribution in [0.25, 0.3) is 0 Å². The Bertz CT molecular complexity index is 695. The largest absolute Gasteiger partial charge is 0.489 e. The number of rotatable bonds is 6. The Hall–Kier alpha value is -2.62. The highest BCUT2D eigenvalue weighted by Crippen LogP contribution is 2.17. The molecule has 0 bridgehead atoms. The van der Waals surface area contributed by atoms with Gasteiger partial charge in [-0.25, -0.2) is 4.39 Å². The van der Waals surface area contributed by atoms with Crippen LogP contribution in [0.5, 0.6) is 5.75 Å². The average molecular weight is 313 g/mol. The normalized spacial score (nSPS) is 11.6. The SMILES string of the molecule is C=C(C)COc1cccc(C(=O)N[C@@H](C)c2ccc(F)cc2)c1. The first kappa shape index (κ1) is 16.7. The number of ether oxygens (including phenoxy) is 1. The fourth-order valence-electron chi connectivity index (χ4n) is 2.05. The van der Waals surface area contributed by atoms with Crippen molar-refractivity contribution in [1.82, 2.24) is 5.32 Å². The highest BCUT2D eigenvalue weighted by Gasteiger charge is 2.12. The van der Waals surface area contributed by atoms with Gasteiger partial charge in [0.05, 0.1) is 6.04 Å².